The molecule has 3 unspecified atom stereocenters. The Morgan fingerprint density at radius 1 is 1.47 bits per heavy atom. The van der Waals surface area contributed by atoms with Crippen LogP contribution < -0.4 is 11.1 Å². The summed E-state index contributed by atoms with van der Waals surface area (Å²) in [7, 11) is 0. The molecule has 0 aliphatic rings. The molecule has 4 nitrogen and oxygen atoms in total. The second-order valence-electron chi connectivity index (χ2n) is 4.24. The van der Waals surface area contributed by atoms with Gasteiger partial charge in [-0.1, -0.05) is 19.8 Å². The molecule has 0 saturated carbocycles. The molecule has 0 aromatic heterocycles. The predicted molar refractivity (Wildman–Crippen MR) is 61.4 cm³/mol. The first-order chi connectivity index (χ1) is 6.97. The van der Waals surface area contributed by atoms with E-state index in [2.05, 4.69) is 12.2 Å². The smallest absolute Gasteiger partial charge is 0.237 e. The predicted octanol–water partition coefficient (Wildman–Crippen LogP) is 0.779. The first-order valence-electron chi connectivity index (χ1n) is 5.71. The topological polar surface area (TPSA) is 75.4 Å². The molecule has 0 aromatic carbocycles. The maximum atomic E-state index is 11.5. The Balaban J connectivity index is 3.80. The number of hydrogen-bond acceptors (Lipinski definition) is 3. The van der Waals surface area contributed by atoms with Gasteiger partial charge in [0.05, 0.1) is 12.1 Å². The quantitative estimate of drug-likeness (QED) is 0.588. The normalized spacial score (nSPS) is 16.9. The molecule has 0 radical (unpaired) electrons. The van der Waals surface area contributed by atoms with Crippen molar-refractivity contribution in [2.45, 2.75) is 64.6 Å². The number of amides is 1. The number of nitrogens with one attached hydrogen (secondary N) is 1. The molecule has 0 heterocycles. The van der Waals surface area contributed by atoms with Crippen LogP contribution in [-0.4, -0.2) is 29.2 Å². The molecule has 0 rings (SSSR count). The molecule has 4 heteroatoms. The van der Waals surface area contributed by atoms with E-state index >= 15 is 0 Å². The number of rotatable bonds is 7. The molecular formula is C11H24N2O2. The average Bonchev–Trinajstić information content (AvgIpc) is 2.12. The number of aliphatic hydroxyl groups excluding tert-OH is 1. The van der Waals surface area contributed by atoms with Crippen LogP contribution in [0.15, 0.2) is 0 Å². The maximum Gasteiger partial charge on any atom is 0.237 e. The highest BCUT2D eigenvalue weighted by molar-refractivity contribution is 5.81. The fourth-order valence-corrected chi connectivity index (χ4v) is 1.48. The van der Waals surface area contributed by atoms with Crippen LogP contribution in [0.3, 0.4) is 0 Å². The molecule has 15 heavy (non-hydrogen) atoms. The van der Waals surface area contributed by atoms with Gasteiger partial charge >= 0.3 is 0 Å². The van der Waals surface area contributed by atoms with Crippen LogP contribution in [0.1, 0.15) is 46.5 Å². The second kappa shape index (κ2) is 7.65. The summed E-state index contributed by atoms with van der Waals surface area (Å²) in [5.74, 6) is -0.114. The van der Waals surface area contributed by atoms with Crippen molar-refractivity contribution in [2.24, 2.45) is 5.73 Å². The largest absolute Gasteiger partial charge is 0.393 e. The Kier molecular flexibility index (Phi) is 7.34. The number of carbonyl (C=O) groups excluding carboxylic acids is 1. The van der Waals surface area contributed by atoms with E-state index in [0.717, 1.165) is 19.3 Å². The standard InChI is InChI=1S/C11H24N2O2/c1-4-5-6-10(12)11(15)13-8(2)7-9(3)14/h8-10,14H,4-7,12H2,1-3H3,(H,13,15). The van der Waals surface area contributed by atoms with Crippen molar-refractivity contribution in [3.8, 4) is 0 Å². The van der Waals surface area contributed by atoms with Crippen molar-refractivity contribution in [3.63, 3.8) is 0 Å². The number of nitrogens with two attached hydrogens (primary N) is 1. The zero-order chi connectivity index (χ0) is 11.8. The third-order valence-electron chi connectivity index (χ3n) is 2.29. The maximum absolute atomic E-state index is 11.5. The van der Waals surface area contributed by atoms with Crippen LogP contribution in [0.4, 0.5) is 0 Å². The molecule has 0 aliphatic carbocycles. The lowest BCUT2D eigenvalue weighted by atomic mass is 10.1. The first-order valence-corrected chi connectivity index (χ1v) is 5.71. The van der Waals surface area contributed by atoms with Crippen LogP contribution in [0.2, 0.25) is 0 Å². The van der Waals surface area contributed by atoms with E-state index in [4.69, 9.17) is 10.8 Å². The fourth-order valence-electron chi connectivity index (χ4n) is 1.48. The molecule has 90 valence electrons. The molecule has 0 fully saturated rings. The van der Waals surface area contributed by atoms with Crippen LogP contribution in [0.5, 0.6) is 0 Å². The van der Waals surface area contributed by atoms with E-state index < -0.39 is 12.1 Å². The summed E-state index contributed by atoms with van der Waals surface area (Å²) in [5.41, 5.74) is 5.71. The Bertz CT molecular complexity index is 183. The van der Waals surface area contributed by atoms with Crippen LogP contribution in [0, 0.1) is 0 Å². The summed E-state index contributed by atoms with van der Waals surface area (Å²) in [6.45, 7) is 5.65. The molecule has 0 aliphatic heterocycles. The van der Waals surface area contributed by atoms with Crippen molar-refractivity contribution in [1.29, 1.82) is 0 Å². The van der Waals surface area contributed by atoms with Gasteiger partial charge in [0, 0.05) is 6.04 Å². The first kappa shape index (κ1) is 14.4. The number of unbranched alkanes of at least 4 members (excludes halogenated alkanes) is 1. The van der Waals surface area contributed by atoms with Gasteiger partial charge in [0.25, 0.3) is 0 Å². The Morgan fingerprint density at radius 3 is 2.53 bits per heavy atom. The van der Waals surface area contributed by atoms with Gasteiger partial charge < -0.3 is 16.2 Å². The average molecular weight is 216 g/mol. The molecule has 0 aromatic rings. The lowest BCUT2D eigenvalue weighted by Crippen LogP contribution is -2.45. The van der Waals surface area contributed by atoms with E-state index in [-0.39, 0.29) is 11.9 Å². The highest BCUT2D eigenvalue weighted by atomic mass is 16.3. The van der Waals surface area contributed by atoms with E-state index in [1.807, 2.05) is 6.92 Å². The zero-order valence-corrected chi connectivity index (χ0v) is 9.99. The molecular weight excluding hydrogens is 192 g/mol. The minimum absolute atomic E-state index is 0.0230. The number of aliphatic hydroxyl groups is 1. The van der Waals surface area contributed by atoms with Gasteiger partial charge in [-0.25, -0.2) is 0 Å². The van der Waals surface area contributed by atoms with Gasteiger partial charge in [-0.2, -0.15) is 0 Å². The van der Waals surface area contributed by atoms with Crippen molar-refractivity contribution in [2.75, 3.05) is 0 Å². The third-order valence-corrected chi connectivity index (χ3v) is 2.29. The summed E-state index contributed by atoms with van der Waals surface area (Å²) in [6, 6.07) is -0.438. The van der Waals surface area contributed by atoms with Crippen molar-refractivity contribution >= 4 is 5.91 Å². The van der Waals surface area contributed by atoms with Gasteiger partial charge in [0.15, 0.2) is 0 Å². The summed E-state index contributed by atoms with van der Waals surface area (Å²) in [4.78, 5) is 11.5. The summed E-state index contributed by atoms with van der Waals surface area (Å²) in [5, 5.41) is 11.9. The lowest BCUT2D eigenvalue weighted by Gasteiger charge is -2.18. The Labute approximate surface area is 92.2 Å². The highest BCUT2D eigenvalue weighted by Crippen LogP contribution is 2.01. The molecule has 0 saturated heterocycles. The van der Waals surface area contributed by atoms with E-state index in [1.165, 1.54) is 0 Å². The fraction of sp³-hybridized carbons (Fsp3) is 0.909. The number of carbonyl (C=O) groups is 1. The minimum atomic E-state index is -0.415. The van der Waals surface area contributed by atoms with Crippen LogP contribution in [-0.2, 0) is 4.79 Å². The van der Waals surface area contributed by atoms with Gasteiger partial charge in [-0.3, -0.25) is 4.79 Å². The summed E-state index contributed by atoms with van der Waals surface area (Å²) in [6.07, 6.45) is 2.91. The second-order valence-corrected chi connectivity index (χ2v) is 4.24. The minimum Gasteiger partial charge on any atom is -0.393 e. The zero-order valence-electron chi connectivity index (χ0n) is 9.99. The molecule has 0 bridgehead atoms. The monoisotopic (exact) mass is 216 g/mol. The van der Waals surface area contributed by atoms with Crippen molar-refractivity contribution < 1.29 is 9.90 Å². The van der Waals surface area contributed by atoms with Gasteiger partial charge in [0.2, 0.25) is 5.91 Å². The van der Waals surface area contributed by atoms with E-state index in [0.29, 0.717) is 6.42 Å². The van der Waals surface area contributed by atoms with E-state index in [9.17, 15) is 4.79 Å². The molecule has 4 N–H and O–H groups in total. The van der Waals surface area contributed by atoms with Gasteiger partial charge in [0.1, 0.15) is 0 Å². The van der Waals surface area contributed by atoms with E-state index in [1.54, 1.807) is 6.92 Å². The van der Waals surface area contributed by atoms with Crippen LogP contribution in [0.25, 0.3) is 0 Å². The van der Waals surface area contributed by atoms with Crippen LogP contribution >= 0.6 is 0 Å². The molecule has 1 amide bonds. The summed E-state index contributed by atoms with van der Waals surface area (Å²) >= 11 is 0. The third kappa shape index (κ3) is 7.33. The van der Waals surface area contributed by atoms with Crippen molar-refractivity contribution in [3.05, 3.63) is 0 Å². The SMILES string of the molecule is CCCCC(N)C(=O)NC(C)CC(C)O. The van der Waals surface area contributed by atoms with Gasteiger partial charge in [-0.15, -0.1) is 0 Å². The van der Waals surface area contributed by atoms with Gasteiger partial charge in [-0.05, 0) is 26.7 Å². The number of hydrogen-bond donors (Lipinski definition) is 3. The lowest BCUT2D eigenvalue weighted by molar-refractivity contribution is -0.123. The molecule has 3 atom stereocenters. The Morgan fingerprint density at radius 2 is 2.07 bits per heavy atom. The van der Waals surface area contributed by atoms with Crippen molar-refractivity contribution in [1.82, 2.24) is 5.32 Å². The Hall–Kier alpha value is -0.610. The molecule has 0 spiro atoms. The highest BCUT2D eigenvalue weighted by Gasteiger charge is 2.15. The summed E-state index contributed by atoms with van der Waals surface area (Å²) < 4.78 is 0.